The van der Waals surface area contributed by atoms with Gasteiger partial charge in [-0.15, -0.1) is 11.3 Å². The van der Waals surface area contributed by atoms with Gasteiger partial charge in [0.25, 0.3) is 5.91 Å². The zero-order valence-electron chi connectivity index (χ0n) is 11.3. The molecule has 0 spiro atoms. The first-order chi connectivity index (χ1) is 9.38. The van der Waals surface area contributed by atoms with E-state index in [1.54, 1.807) is 12.1 Å². The Morgan fingerprint density at radius 3 is 2.85 bits per heavy atom. The second kappa shape index (κ2) is 4.53. The SMILES string of the molecule is CC1(C)C(O)CC1NC(=O)c1cc2cc(F)ccc2s1. The Labute approximate surface area is 120 Å². The third-order valence-corrected chi connectivity index (χ3v) is 5.34. The number of rotatable bonds is 2. The second-order valence-electron chi connectivity index (χ2n) is 5.89. The van der Waals surface area contributed by atoms with Gasteiger partial charge in [0, 0.05) is 16.2 Å². The number of carbonyl (C=O) groups is 1. The van der Waals surface area contributed by atoms with Gasteiger partial charge in [0.1, 0.15) is 5.82 Å². The fraction of sp³-hybridized carbons (Fsp3) is 0.400. The van der Waals surface area contributed by atoms with Crippen LogP contribution in [0.3, 0.4) is 0 Å². The van der Waals surface area contributed by atoms with Gasteiger partial charge in [-0.1, -0.05) is 13.8 Å². The molecule has 2 atom stereocenters. The fourth-order valence-electron chi connectivity index (χ4n) is 2.50. The summed E-state index contributed by atoms with van der Waals surface area (Å²) in [4.78, 5) is 12.8. The van der Waals surface area contributed by atoms with Crippen LogP contribution in [0.5, 0.6) is 0 Å². The molecule has 1 heterocycles. The fourth-order valence-corrected chi connectivity index (χ4v) is 3.45. The Morgan fingerprint density at radius 1 is 1.45 bits per heavy atom. The molecular weight excluding hydrogens is 277 g/mol. The minimum atomic E-state index is -0.371. The Morgan fingerprint density at radius 2 is 2.20 bits per heavy atom. The molecule has 0 radical (unpaired) electrons. The van der Waals surface area contributed by atoms with Crippen LogP contribution in [0.25, 0.3) is 10.1 Å². The van der Waals surface area contributed by atoms with Gasteiger partial charge in [-0.2, -0.15) is 0 Å². The monoisotopic (exact) mass is 293 g/mol. The molecule has 20 heavy (non-hydrogen) atoms. The highest BCUT2D eigenvalue weighted by atomic mass is 32.1. The van der Waals surface area contributed by atoms with Gasteiger partial charge in [-0.05, 0) is 36.1 Å². The highest BCUT2D eigenvalue weighted by Gasteiger charge is 2.48. The standard InChI is InChI=1S/C15H16FNO2S/c1-15(2)12(7-13(15)18)17-14(19)11-6-8-5-9(16)3-4-10(8)20-11/h3-6,12-13,18H,7H2,1-2H3,(H,17,19). The molecule has 2 unspecified atom stereocenters. The molecule has 1 saturated carbocycles. The summed E-state index contributed by atoms with van der Waals surface area (Å²) in [7, 11) is 0. The average Bonchev–Trinajstić information content (AvgIpc) is 2.81. The molecule has 1 aliphatic rings. The van der Waals surface area contributed by atoms with Crippen LogP contribution in [-0.2, 0) is 0 Å². The lowest BCUT2D eigenvalue weighted by Gasteiger charge is -2.49. The van der Waals surface area contributed by atoms with Crippen LogP contribution < -0.4 is 5.32 Å². The molecule has 106 valence electrons. The van der Waals surface area contributed by atoms with Crippen molar-refractivity contribution in [3.8, 4) is 0 Å². The summed E-state index contributed by atoms with van der Waals surface area (Å²) in [5.41, 5.74) is -0.293. The van der Waals surface area contributed by atoms with E-state index >= 15 is 0 Å². The molecule has 2 N–H and O–H groups in total. The molecule has 0 aliphatic heterocycles. The predicted octanol–water partition coefficient (Wildman–Crippen LogP) is 2.93. The summed E-state index contributed by atoms with van der Waals surface area (Å²) in [6.45, 7) is 3.87. The lowest BCUT2D eigenvalue weighted by molar-refractivity contribution is -0.0689. The first-order valence-corrected chi connectivity index (χ1v) is 7.37. The third kappa shape index (κ3) is 2.11. The summed E-state index contributed by atoms with van der Waals surface area (Å²) < 4.78 is 14.0. The molecule has 0 bridgehead atoms. The number of fused-ring (bicyclic) bond motifs is 1. The van der Waals surface area contributed by atoms with Gasteiger partial charge in [0.15, 0.2) is 0 Å². The van der Waals surface area contributed by atoms with Crippen molar-refractivity contribution in [3.05, 3.63) is 35.0 Å². The molecular formula is C15H16FNO2S. The van der Waals surface area contributed by atoms with Crippen molar-refractivity contribution < 1.29 is 14.3 Å². The van der Waals surface area contributed by atoms with E-state index in [1.807, 2.05) is 13.8 Å². The van der Waals surface area contributed by atoms with E-state index in [0.29, 0.717) is 11.3 Å². The van der Waals surface area contributed by atoms with E-state index in [2.05, 4.69) is 5.32 Å². The average molecular weight is 293 g/mol. The van der Waals surface area contributed by atoms with Gasteiger partial charge in [-0.25, -0.2) is 4.39 Å². The number of thiophene rings is 1. The maximum absolute atomic E-state index is 13.1. The molecule has 0 saturated heterocycles. The highest BCUT2D eigenvalue weighted by Crippen LogP contribution is 2.40. The van der Waals surface area contributed by atoms with Crippen molar-refractivity contribution in [2.45, 2.75) is 32.4 Å². The largest absolute Gasteiger partial charge is 0.392 e. The minimum Gasteiger partial charge on any atom is -0.392 e. The Bertz CT molecular complexity index is 680. The molecule has 3 nitrogen and oxygen atoms in total. The summed E-state index contributed by atoms with van der Waals surface area (Å²) in [6, 6.07) is 6.20. The maximum Gasteiger partial charge on any atom is 0.261 e. The van der Waals surface area contributed by atoms with E-state index in [1.165, 1.54) is 23.5 Å². The van der Waals surface area contributed by atoms with Crippen molar-refractivity contribution in [1.82, 2.24) is 5.32 Å². The molecule has 1 aromatic heterocycles. The second-order valence-corrected chi connectivity index (χ2v) is 6.98. The van der Waals surface area contributed by atoms with Crippen molar-refractivity contribution in [2.75, 3.05) is 0 Å². The Hall–Kier alpha value is -1.46. The van der Waals surface area contributed by atoms with E-state index in [-0.39, 0.29) is 29.3 Å². The smallest absolute Gasteiger partial charge is 0.261 e. The molecule has 1 amide bonds. The lowest BCUT2D eigenvalue weighted by Crippen LogP contribution is -2.61. The molecule has 1 fully saturated rings. The molecule has 1 aromatic carbocycles. The molecule has 1 aliphatic carbocycles. The molecule has 2 aromatic rings. The number of nitrogens with one attached hydrogen (secondary N) is 1. The van der Waals surface area contributed by atoms with Gasteiger partial charge in [-0.3, -0.25) is 4.79 Å². The van der Waals surface area contributed by atoms with Gasteiger partial charge < -0.3 is 10.4 Å². The van der Waals surface area contributed by atoms with E-state index in [4.69, 9.17) is 0 Å². The normalized spacial score (nSPS) is 24.4. The highest BCUT2D eigenvalue weighted by molar-refractivity contribution is 7.20. The first kappa shape index (κ1) is 13.5. The van der Waals surface area contributed by atoms with Gasteiger partial charge in [0.2, 0.25) is 0 Å². The zero-order valence-corrected chi connectivity index (χ0v) is 12.1. The number of halogens is 1. The number of carbonyl (C=O) groups excluding carboxylic acids is 1. The van der Waals surface area contributed by atoms with E-state index < -0.39 is 0 Å². The van der Waals surface area contributed by atoms with Gasteiger partial charge >= 0.3 is 0 Å². The Balaban J connectivity index is 1.79. The van der Waals surface area contributed by atoms with Crippen LogP contribution in [0.1, 0.15) is 29.9 Å². The van der Waals surface area contributed by atoms with Crippen molar-refractivity contribution in [2.24, 2.45) is 5.41 Å². The predicted molar refractivity (Wildman–Crippen MR) is 77.4 cm³/mol. The summed E-state index contributed by atoms with van der Waals surface area (Å²) in [6.07, 6.45) is 0.211. The number of aliphatic hydroxyl groups is 1. The van der Waals surface area contributed by atoms with Crippen LogP contribution >= 0.6 is 11.3 Å². The molecule has 3 rings (SSSR count). The van der Waals surface area contributed by atoms with Crippen molar-refractivity contribution in [1.29, 1.82) is 0 Å². The summed E-state index contributed by atoms with van der Waals surface area (Å²) in [5, 5.41) is 13.4. The van der Waals surface area contributed by atoms with Crippen LogP contribution in [0.4, 0.5) is 4.39 Å². The summed E-state index contributed by atoms with van der Waals surface area (Å²) >= 11 is 1.35. The zero-order chi connectivity index (χ0) is 14.5. The van der Waals surface area contributed by atoms with Crippen LogP contribution in [-0.4, -0.2) is 23.2 Å². The Kier molecular flexibility index (Phi) is 3.06. The lowest BCUT2D eigenvalue weighted by atomic mass is 9.64. The third-order valence-electron chi connectivity index (χ3n) is 4.22. The minimum absolute atomic E-state index is 0.0213. The van der Waals surface area contributed by atoms with Crippen LogP contribution in [0.2, 0.25) is 0 Å². The van der Waals surface area contributed by atoms with Crippen molar-refractivity contribution in [3.63, 3.8) is 0 Å². The number of benzene rings is 1. The first-order valence-electron chi connectivity index (χ1n) is 6.56. The number of hydrogen-bond acceptors (Lipinski definition) is 3. The summed E-state index contributed by atoms with van der Waals surface area (Å²) in [5.74, 6) is -0.456. The number of amides is 1. The van der Waals surface area contributed by atoms with Crippen LogP contribution in [0.15, 0.2) is 24.3 Å². The maximum atomic E-state index is 13.1. The van der Waals surface area contributed by atoms with E-state index in [0.717, 1.165) is 10.1 Å². The van der Waals surface area contributed by atoms with Gasteiger partial charge in [0.05, 0.1) is 11.0 Å². The van der Waals surface area contributed by atoms with Crippen LogP contribution in [0, 0.1) is 11.2 Å². The number of aliphatic hydroxyl groups excluding tert-OH is 1. The quantitative estimate of drug-likeness (QED) is 0.894. The molecule has 5 heteroatoms. The number of hydrogen-bond donors (Lipinski definition) is 2. The van der Waals surface area contributed by atoms with Crippen molar-refractivity contribution >= 4 is 27.3 Å². The van der Waals surface area contributed by atoms with E-state index in [9.17, 15) is 14.3 Å². The topological polar surface area (TPSA) is 49.3 Å².